The molecule has 0 aliphatic carbocycles. The average Bonchev–Trinajstić information content (AvgIpc) is 3.17. The van der Waals surface area contributed by atoms with E-state index >= 15 is 0 Å². The first kappa shape index (κ1) is 21.2. The zero-order chi connectivity index (χ0) is 22.0. The van der Waals surface area contributed by atoms with Crippen molar-refractivity contribution >= 4 is 45.9 Å². The van der Waals surface area contributed by atoms with Gasteiger partial charge in [-0.3, -0.25) is 4.79 Å². The number of nitrogens with one attached hydrogen (secondary N) is 1. The Morgan fingerprint density at radius 1 is 1.06 bits per heavy atom. The minimum Gasteiger partial charge on any atom is -0.484 e. The maximum atomic E-state index is 12.3. The van der Waals surface area contributed by atoms with Gasteiger partial charge < -0.3 is 14.5 Å². The van der Waals surface area contributed by atoms with E-state index in [1.165, 1.54) is 5.56 Å². The predicted octanol–water partition coefficient (Wildman–Crippen LogP) is 6.94. The number of halogens is 2. The Hall–Kier alpha value is -3.02. The number of amides is 1. The summed E-state index contributed by atoms with van der Waals surface area (Å²) >= 11 is 12.3. The van der Waals surface area contributed by atoms with Gasteiger partial charge in [-0.25, -0.2) is 4.98 Å². The van der Waals surface area contributed by atoms with E-state index in [2.05, 4.69) is 24.1 Å². The molecule has 0 spiro atoms. The van der Waals surface area contributed by atoms with Crippen LogP contribution in [-0.2, 0) is 4.79 Å². The summed E-state index contributed by atoms with van der Waals surface area (Å²) in [5.74, 6) is 1.18. The molecule has 7 heteroatoms. The number of hydrogen-bond acceptors (Lipinski definition) is 4. The molecule has 0 fully saturated rings. The van der Waals surface area contributed by atoms with Crippen LogP contribution in [0.25, 0.3) is 22.6 Å². The molecule has 0 saturated heterocycles. The van der Waals surface area contributed by atoms with Gasteiger partial charge in [-0.2, -0.15) is 0 Å². The number of carbonyl (C=O) groups excluding carboxylic acids is 1. The van der Waals surface area contributed by atoms with E-state index in [9.17, 15) is 4.79 Å². The van der Waals surface area contributed by atoms with Gasteiger partial charge in [0.15, 0.2) is 12.2 Å². The van der Waals surface area contributed by atoms with Crippen LogP contribution in [0.1, 0.15) is 25.3 Å². The lowest BCUT2D eigenvalue weighted by Gasteiger charge is -2.09. The molecule has 1 amide bonds. The molecule has 3 aromatic carbocycles. The number of aromatic nitrogens is 1. The molecule has 158 valence electrons. The first-order valence-corrected chi connectivity index (χ1v) is 10.5. The fourth-order valence-electron chi connectivity index (χ4n) is 3.08. The highest BCUT2D eigenvalue weighted by Crippen LogP contribution is 2.32. The summed E-state index contributed by atoms with van der Waals surface area (Å²) in [7, 11) is 0. The van der Waals surface area contributed by atoms with Gasteiger partial charge in [0.25, 0.3) is 5.91 Å². The lowest BCUT2D eigenvalue weighted by molar-refractivity contribution is -0.118. The lowest BCUT2D eigenvalue weighted by atomic mass is 10.0. The number of fused-ring (bicyclic) bond motifs is 1. The normalized spacial score (nSPS) is 11.1. The minimum absolute atomic E-state index is 0.0960. The molecular weight excluding hydrogens is 435 g/mol. The Kier molecular flexibility index (Phi) is 6.16. The Balaban J connectivity index is 1.43. The summed E-state index contributed by atoms with van der Waals surface area (Å²) in [4.78, 5) is 16.8. The summed E-state index contributed by atoms with van der Waals surface area (Å²) in [6.07, 6.45) is 0. The van der Waals surface area contributed by atoms with Crippen molar-refractivity contribution in [2.75, 3.05) is 11.9 Å². The zero-order valence-corrected chi connectivity index (χ0v) is 18.5. The highest BCUT2D eigenvalue weighted by atomic mass is 35.5. The maximum Gasteiger partial charge on any atom is 0.262 e. The molecule has 0 unspecified atom stereocenters. The molecule has 1 aromatic heterocycles. The second-order valence-electron chi connectivity index (χ2n) is 7.39. The Bertz CT molecular complexity index is 1230. The van der Waals surface area contributed by atoms with Gasteiger partial charge in [0.1, 0.15) is 11.3 Å². The van der Waals surface area contributed by atoms with E-state index in [0.29, 0.717) is 50.0 Å². The number of oxazole rings is 1. The molecule has 4 aromatic rings. The SMILES string of the molecule is CC(C)c1ccc(OCC(=O)Nc2ccc3oc(-c4cc(Cl)ccc4Cl)nc3c2)cc1. The van der Waals surface area contributed by atoms with E-state index in [1.807, 2.05) is 24.3 Å². The minimum atomic E-state index is -0.270. The van der Waals surface area contributed by atoms with E-state index in [0.717, 1.165) is 0 Å². The van der Waals surface area contributed by atoms with Crippen LogP contribution in [0.5, 0.6) is 5.75 Å². The maximum absolute atomic E-state index is 12.3. The van der Waals surface area contributed by atoms with E-state index in [4.69, 9.17) is 32.4 Å². The second kappa shape index (κ2) is 9.00. The number of anilines is 1. The molecule has 5 nitrogen and oxygen atoms in total. The Morgan fingerprint density at radius 2 is 1.84 bits per heavy atom. The molecule has 0 bridgehead atoms. The van der Waals surface area contributed by atoms with Crippen molar-refractivity contribution in [1.29, 1.82) is 0 Å². The molecule has 0 aliphatic rings. The van der Waals surface area contributed by atoms with Crippen molar-refractivity contribution in [1.82, 2.24) is 4.98 Å². The number of rotatable bonds is 6. The molecule has 0 atom stereocenters. The van der Waals surface area contributed by atoms with Crippen LogP contribution in [0.15, 0.2) is 65.1 Å². The van der Waals surface area contributed by atoms with Gasteiger partial charge in [-0.15, -0.1) is 0 Å². The topological polar surface area (TPSA) is 64.4 Å². The Labute approximate surface area is 189 Å². The largest absolute Gasteiger partial charge is 0.484 e. The third-order valence-corrected chi connectivity index (χ3v) is 5.31. The number of hydrogen-bond donors (Lipinski definition) is 1. The molecule has 4 rings (SSSR count). The van der Waals surface area contributed by atoms with Gasteiger partial charge in [-0.1, -0.05) is 49.2 Å². The molecule has 1 N–H and O–H groups in total. The van der Waals surface area contributed by atoms with Crippen LogP contribution in [0, 0.1) is 0 Å². The van der Waals surface area contributed by atoms with Crippen molar-refractivity contribution in [2.45, 2.75) is 19.8 Å². The third-order valence-electron chi connectivity index (χ3n) is 4.75. The smallest absolute Gasteiger partial charge is 0.262 e. The van der Waals surface area contributed by atoms with Gasteiger partial charge in [0.2, 0.25) is 5.89 Å². The van der Waals surface area contributed by atoms with Crippen LogP contribution < -0.4 is 10.1 Å². The van der Waals surface area contributed by atoms with Crippen LogP contribution in [0.4, 0.5) is 5.69 Å². The van der Waals surface area contributed by atoms with Crippen LogP contribution >= 0.6 is 23.2 Å². The van der Waals surface area contributed by atoms with Gasteiger partial charge in [0, 0.05) is 10.7 Å². The number of nitrogens with zero attached hydrogens (tertiary/aromatic N) is 1. The first-order chi connectivity index (χ1) is 14.9. The summed E-state index contributed by atoms with van der Waals surface area (Å²) in [6.45, 7) is 4.16. The standard InChI is InChI=1S/C24H20Cl2N2O3/c1-14(2)15-3-7-18(8-4-15)30-13-23(29)27-17-6-10-22-21(12-17)28-24(31-22)19-11-16(25)5-9-20(19)26/h3-12,14H,13H2,1-2H3,(H,27,29). The van der Waals surface area contributed by atoms with Gasteiger partial charge in [0.05, 0.1) is 10.6 Å². The highest BCUT2D eigenvalue weighted by Gasteiger charge is 2.13. The van der Waals surface area contributed by atoms with Crippen molar-refractivity contribution < 1.29 is 13.9 Å². The molecule has 1 heterocycles. The summed E-state index contributed by atoms with van der Waals surface area (Å²) in [5, 5.41) is 3.84. The first-order valence-electron chi connectivity index (χ1n) is 9.77. The van der Waals surface area contributed by atoms with Gasteiger partial charge >= 0.3 is 0 Å². The fourth-order valence-corrected chi connectivity index (χ4v) is 3.45. The van der Waals surface area contributed by atoms with E-state index < -0.39 is 0 Å². The summed E-state index contributed by atoms with van der Waals surface area (Å²) in [6, 6.07) is 18.0. The third kappa shape index (κ3) is 5.01. The number of benzene rings is 3. The van der Waals surface area contributed by atoms with Crippen LogP contribution in [-0.4, -0.2) is 17.5 Å². The molecule has 0 aliphatic heterocycles. The number of carbonyl (C=O) groups is 1. The summed E-state index contributed by atoms with van der Waals surface area (Å²) < 4.78 is 11.4. The molecule has 0 saturated carbocycles. The Morgan fingerprint density at radius 3 is 2.58 bits per heavy atom. The van der Waals surface area contributed by atoms with Crippen molar-refractivity contribution in [3.05, 3.63) is 76.3 Å². The quantitative estimate of drug-likeness (QED) is 0.342. The summed E-state index contributed by atoms with van der Waals surface area (Å²) in [5.41, 5.74) is 3.58. The van der Waals surface area contributed by atoms with Gasteiger partial charge in [-0.05, 0) is 60.0 Å². The van der Waals surface area contributed by atoms with Crippen molar-refractivity contribution in [3.63, 3.8) is 0 Å². The predicted molar refractivity (Wildman–Crippen MR) is 124 cm³/mol. The zero-order valence-electron chi connectivity index (χ0n) is 17.0. The van der Waals surface area contributed by atoms with Crippen LogP contribution in [0.3, 0.4) is 0 Å². The van der Waals surface area contributed by atoms with Crippen molar-refractivity contribution in [3.8, 4) is 17.2 Å². The van der Waals surface area contributed by atoms with Crippen LogP contribution in [0.2, 0.25) is 10.0 Å². The molecule has 0 radical (unpaired) electrons. The lowest BCUT2D eigenvalue weighted by Crippen LogP contribution is -2.20. The highest BCUT2D eigenvalue weighted by molar-refractivity contribution is 6.35. The molecule has 31 heavy (non-hydrogen) atoms. The van der Waals surface area contributed by atoms with E-state index in [-0.39, 0.29) is 12.5 Å². The average molecular weight is 455 g/mol. The monoisotopic (exact) mass is 454 g/mol. The van der Waals surface area contributed by atoms with E-state index in [1.54, 1.807) is 36.4 Å². The number of ether oxygens (including phenoxy) is 1. The molecular formula is C24H20Cl2N2O3. The van der Waals surface area contributed by atoms with Crippen molar-refractivity contribution in [2.24, 2.45) is 0 Å². The second-order valence-corrected chi connectivity index (χ2v) is 8.23. The fraction of sp³-hybridized carbons (Fsp3) is 0.167.